The van der Waals surface area contributed by atoms with Gasteiger partial charge in [0.05, 0.1) is 43.1 Å². The van der Waals surface area contributed by atoms with Crippen LogP contribution in [0, 0.1) is 5.92 Å². The van der Waals surface area contributed by atoms with E-state index in [1.54, 1.807) is 37.6 Å². The molecule has 35 heavy (non-hydrogen) atoms. The molecule has 1 fully saturated rings. The highest BCUT2D eigenvalue weighted by molar-refractivity contribution is 6.31. The Bertz CT molecular complexity index is 1220. The number of halogens is 1. The summed E-state index contributed by atoms with van der Waals surface area (Å²) in [6, 6.07) is 4.89. The average Bonchev–Trinajstić information content (AvgIpc) is 3.38. The minimum Gasteiger partial charge on any atom is -0.457 e. The Labute approximate surface area is 208 Å². The van der Waals surface area contributed by atoms with E-state index in [1.165, 1.54) is 11.0 Å². The van der Waals surface area contributed by atoms with Crippen LogP contribution in [-0.2, 0) is 39.1 Å². The van der Waals surface area contributed by atoms with Crippen LogP contribution in [0.15, 0.2) is 49.1 Å². The number of carbonyl (C=O) groups is 3. The molecule has 2 aromatic rings. The number of β-lactam (4-membered cyclic amide) rings is 1. The summed E-state index contributed by atoms with van der Waals surface area (Å²) in [5.74, 6) is -1.70. The number of aromatic nitrogens is 2. The predicted octanol–water partition coefficient (Wildman–Crippen LogP) is 1.98. The van der Waals surface area contributed by atoms with Crippen LogP contribution in [0.2, 0.25) is 5.02 Å². The number of aliphatic hydroxyl groups is 1. The van der Waals surface area contributed by atoms with Gasteiger partial charge in [-0.3, -0.25) is 9.59 Å². The van der Waals surface area contributed by atoms with Crippen molar-refractivity contribution in [3.63, 3.8) is 0 Å². The number of imidazole rings is 1. The fraction of sp³-hybridized carbons (Fsp3) is 0.360. The summed E-state index contributed by atoms with van der Waals surface area (Å²) >= 11 is 6.52. The van der Waals surface area contributed by atoms with Gasteiger partial charge in [-0.05, 0) is 36.1 Å². The van der Waals surface area contributed by atoms with Crippen LogP contribution >= 0.6 is 11.6 Å². The summed E-state index contributed by atoms with van der Waals surface area (Å²) < 4.78 is 7.06. The molecule has 0 spiro atoms. The third-order valence-electron chi connectivity index (χ3n) is 6.39. The number of ether oxygens (including phenoxy) is 1. The van der Waals surface area contributed by atoms with Gasteiger partial charge in [0.25, 0.3) is 0 Å². The Kier molecular flexibility index (Phi) is 7.09. The maximum absolute atomic E-state index is 12.8. The maximum Gasteiger partial charge on any atom is 0.355 e. The third kappa shape index (κ3) is 4.74. The number of aliphatic hydroxyl groups excluding tert-OH is 1. The van der Waals surface area contributed by atoms with E-state index in [4.69, 9.17) is 16.3 Å². The lowest BCUT2D eigenvalue weighted by Crippen LogP contribution is -2.61. The van der Waals surface area contributed by atoms with E-state index in [0.717, 1.165) is 5.69 Å². The monoisotopic (exact) mass is 498 g/mol. The first-order valence-corrected chi connectivity index (χ1v) is 11.6. The van der Waals surface area contributed by atoms with Crippen molar-refractivity contribution in [2.45, 2.75) is 38.5 Å². The van der Waals surface area contributed by atoms with E-state index in [-0.39, 0.29) is 36.6 Å². The Morgan fingerprint density at radius 1 is 1.43 bits per heavy atom. The number of hydrogen-bond donors (Lipinski definition) is 2. The number of rotatable bonds is 9. The largest absolute Gasteiger partial charge is 0.457 e. The summed E-state index contributed by atoms with van der Waals surface area (Å²) in [5.41, 5.74) is 2.95. The van der Waals surface area contributed by atoms with Gasteiger partial charge in [-0.2, -0.15) is 0 Å². The normalized spacial score (nSPS) is 19.8. The van der Waals surface area contributed by atoms with Crippen LogP contribution in [-0.4, -0.2) is 56.1 Å². The molecule has 1 aromatic carbocycles. The number of carbonyl (C=O) groups excluding carboxylic acids is 3. The van der Waals surface area contributed by atoms with Gasteiger partial charge in [0, 0.05) is 18.3 Å². The molecule has 0 saturated carbocycles. The molecular formula is C25H27ClN4O5. The Morgan fingerprint density at radius 2 is 2.20 bits per heavy atom. The molecule has 4 rings (SSSR count). The maximum atomic E-state index is 12.8. The van der Waals surface area contributed by atoms with Gasteiger partial charge in [-0.25, -0.2) is 9.78 Å². The first-order chi connectivity index (χ1) is 16.7. The fourth-order valence-corrected chi connectivity index (χ4v) is 4.82. The molecule has 1 saturated heterocycles. The topological polar surface area (TPSA) is 114 Å². The van der Waals surface area contributed by atoms with Crippen LogP contribution in [0.5, 0.6) is 0 Å². The Hall–Kier alpha value is -3.43. The lowest BCUT2D eigenvalue weighted by molar-refractivity contribution is -0.162. The molecule has 0 bridgehead atoms. The minimum absolute atomic E-state index is 0.00969. The molecule has 2 aliphatic rings. The van der Waals surface area contributed by atoms with E-state index in [2.05, 4.69) is 16.9 Å². The van der Waals surface area contributed by atoms with E-state index in [9.17, 15) is 19.5 Å². The summed E-state index contributed by atoms with van der Waals surface area (Å²) in [6.07, 6.45) is 4.44. The molecule has 9 nitrogen and oxygen atoms in total. The van der Waals surface area contributed by atoms with Crippen molar-refractivity contribution in [1.82, 2.24) is 19.8 Å². The molecule has 2 N–H and O–H groups in total. The first-order valence-electron chi connectivity index (χ1n) is 11.3. The number of hydrogen-bond acceptors (Lipinski definition) is 6. The molecule has 2 aliphatic heterocycles. The Morgan fingerprint density at radius 3 is 2.83 bits per heavy atom. The van der Waals surface area contributed by atoms with Crippen LogP contribution in [0.1, 0.15) is 30.2 Å². The van der Waals surface area contributed by atoms with Crippen molar-refractivity contribution in [3.05, 3.63) is 70.9 Å². The van der Waals surface area contributed by atoms with Gasteiger partial charge in [0.2, 0.25) is 11.8 Å². The molecule has 0 aliphatic carbocycles. The van der Waals surface area contributed by atoms with Crippen molar-refractivity contribution in [3.8, 4) is 0 Å². The van der Waals surface area contributed by atoms with Gasteiger partial charge in [0.1, 0.15) is 12.3 Å². The molecular weight excluding hydrogens is 472 g/mol. The number of nitrogens with one attached hydrogen (secondary N) is 1. The lowest BCUT2D eigenvalue weighted by Gasteiger charge is -2.44. The van der Waals surface area contributed by atoms with Crippen LogP contribution in [0.3, 0.4) is 0 Å². The van der Waals surface area contributed by atoms with Crippen molar-refractivity contribution in [2.24, 2.45) is 13.0 Å². The highest BCUT2D eigenvalue weighted by Gasteiger charge is 2.57. The number of amides is 2. The highest BCUT2D eigenvalue weighted by Crippen LogP contribution is 2.47. The third-order valence-corrected chi connectivity index (χ3v) is 6.74. The molecule has 1 aromatic heterocycles. The van der Waals surface area contributed by atoms with E-state index in [1.807, 2.05) is 11.6 Å². The molecule has 3 heterocycles. The zero-order chi connectivity index (χ0) is 25.3. The van der Waals surface area contributed by atoms with Gasteiger partial charge < -0.3 is 24.6 Å². The second kappa shape index (κ2) is 10.1. The van der Waals surface area contributed by atoms with E-state index in [0.29, 0.717) is 34.7 Å². The van der Waals surface area contributed by atoms with Crippen LogP contribution in [0.4, 0.5) is 0 Å². The average molecular weight is 499 g/mol. The van der Waals surface area contributed by atoms with E-state index < -0.39 is 18.0 Å². The number of benzene rings is 1. The van der Waals surface area contributed by atoms with Crippen molar-refractivity contribution in [2.75, 3.05) is 6.61 Å². The predicted molar refractivity (Wildman–Crippen MR) is 129 cm³/mol. The van der Waals surface area contributed by atoms with Gasteiger partial charge in [-0.15, -0.1) is 0 Å². The number of fused-ring (bicyclic) bond motifs is 1. The molecule has 184 valence electrons. The van der Waals surface area contributed by atoms with Gasteiger partial charge in [0.15, 0.2) is 0 Å². The molecule has 3 atom stereocenters. The number of aryl methyl sites for hydroxylation is 1. The Balaban J connectivity index is 1.54. The zero-order valence-electron chi connectivity index (χ0n) is 19.5. The summed E-state index contributed by atoms with van der Waals surface area (Å²) in [6.45, 7) is 5.48. The minimum atomic E-state index is -0.829. The molecule has 10 heteroatoms. The summed E-state index contributed by atoms with van der Waals surface area (Å²) in [7, 11) is 1.85. The molecule has 0 radical (unpaired) electrons. The highest BCUT2D eigenvalue weighted by atomic mass is 35.5. The van der Waals surface area contributed by atoms with E-state index >= 15 is 0 Å². The SMILES string of the molecule is C=CCOC(=O)C1=C(c2ccc(CC(=O)NCc3cncn3C)c(Cl)c2)C[C@@H]2[C@@H]([C@@H](C)O)C(=O)N12. The van der Waals surface area contributed by atoms with Gasteiger partial charge >= 0.3 is 5.97 Å². The standard InChI is InChI=1S/C25H27ClN4O5/c1-4-7-35-25(34)23-18(10-20-22(14(2)31)24(33)30(20)23)15-5-6-16(19(26)8-15)9-21(32)28-12-17-11-27-13-29(17)3/h4-6,8,11,13-14,20,22,31H,1,7,9-10,12H2,2-3H3,(H,28,32)/t14-,20-,22-/m1/s1. The van der Waals surface area contributed by atoms with Crippen molar-refractivity contribution < 1.29 is 24.2 Å². The lowest BCUT2D eigenvalue weighted by atomic mass is 9.82. The molecule has 0 unspecified atom stereocenters. The summed E-state index contributed by atoms with van der Waals surface area (Å²) in [4.78, 5) is 43.4. The van der Waals surface area contributed by atoms with Crippen molar-refractivity contribution >= 4 is 35.0 Å². The van der Waals surface area contributed by atoms with Gasteiger partial charge in [-0.1, -0.05) is 36.4 Å². The smallest absolute Gasteiger partial charge is 0.355 e. The fourth-order valence-electron chi connectivity index (χ4n) is 4.58. The van der Waals surface area contributed by atoms with Crippen LogP contribution < -0.4 is 5.32 Å². The van der Waals surface area contributed by atoms with Crippen molar-refractivity contribution in [1.29, 1.82) is 0 Å². The molecule has 2 amide bonds. The second-order valence-electron chi connectivity index (χ2n) is 8.72. The van der Waals surface area contributed by atoms with Crippen LogP contribution in [0.25, 0.3) is 5.57 Å². The summed E-state index contributed by atoms with van der Waals surface area (Å²) in [5, 5.41) is 13.3. The number of nitrogens with zero attached hydrogens (tertiary/aromatic N) is 3. The zero-order valence-corrected chi connectivity index (χ0v) is 20.3. The quantitative estimate of drug-likeness (QED) is 0.310. The second-order valence-corrected chi connectivity index (χ2v) is 9.12. The number of esters is 1. The first kappa shape index (κ1) is 24.7.